The van der Waals surface area contributed by atoms with Crippen LogP contribution < -0.4 is 16.4 Å². The van der Waals surface area contributed by atoms with E-state index in [1.165, 1.54) is 13.2 Å². The Balaban J connectivity index is 0.000000791. The molecular formula is C8H11FN2O3. The summed E-state index contributed by atoms with van der Waals surface area (Å²) in [6.07, 6.45) is 0. The van der Waals surface area contributed by atoms with Crippen molar-refractivity contribution in [2.24, 2.45) is 11.7 Å². The van der Waals surface area contributed by atoms with Crippen molar-refractivity contribution in [2.75, 3.05) is 7.11 Å². The number of nitrogens with two attached hydrogens (primary N) is 2. The van der Waals surface area contributed by atoms with Crippen molar-refractivity contribution in [3.63, 3.8) is 0 Å². The monoisotopic (exact) mass is 202 g/mol. The van der Waals surface area contributed by atoms with Crippen LogP contribution in [0.1, 0.15) is 10.4 Å². The molecule has 1 rings (SSSR count). The lowest BCUT2D eigenvalue weighted by Crippen LogP contribution is -2.02. The van der Waals surface area contributed by atoms with Gasteiger partial charge >= 0.3 is 5.97 Å². The Labute approximate surface area is 80.1 Å². The number of hydrogen-bond acceptors (Lipinski definition) is 4. The fraction of sp³-hybridized carbons (Fsp3) is 0.125. The van der Waals surface area contributed by atoms with Crippen molar-refractivity contribution in [2.45, 2.75) is 0 Å². The van der Waals surface area contributed by atoms with Gasteiger partial charge in [0.1, 0.15) is 11.6 Å². The maximum atomic E-state index is 12.7. The molecule has 6 heteroatoms. The van der Waals surface area contributed by atoms with Crippen molar-refractivity contribution in [3.05, 3.63) is 29.6 Å². The first-order valence-electron chi connectivity index (χ1n) is 3.55. The second kappa shape index (κ2) is 5.90. The number of rotatable bonds is 2. The summed E-state index contributed by atoms with van der Waals surface area (Å²) in [7, 11) is 1.39. The van der Waals surface area contributed by atoms with E-state index in [0.29, 0.717) is 5.75 Å². The Morgan fingerprint density at radius 1 is 1.50 bits per heavy atom. The first-order chi connectivity index (χ1) is 6.65. The maximum Gasteiger partial charge on any atom is 0.338 e. The molecule has 0 unspecified atom stereocenters. The van der Waals surface area contributed by atoms with E-state index >= 15 is 0 Å². The molecule has 78 valence electrons. The predicted octanol–water partition coefficient (Wildman–Crippen LogP) is 0.351. The van der Waals surface area contributed by atoms with Crippen LogP contribution >= 0.6 is 0 Å². The topological polar surface area (TPSA) is 98.6 Å². The van der Waals surface area contributed by atoms with Crippen LogP contribution in [0.2, 0.25) is 0 Å². The van der Waals surface area contributed by atoms with E-state index in [1.807, 2.05) is 0 Å². The van der Waals surface area contributed by atoms with Crippen LogP contribution in [-0.2, 0) is 0 Å². The number of carboxylic acids is 1. The molecule has 0 spiro atoms. The predicted molar refractivity (Wildman–Crippen MR) is 48.3 cm³/mol. The van der Waals surface area contributed by atoms with Gasteiger partial charge in [0.15, 0.2) is 0 Å². The van der Waals surface area contributed by atoms with Crippen molar-refractivity contribution in [1.82, 2.24) is 0 Å². The van der Waals surface area contributed by atoms with Gasteiger partial charge in [0.2, 0.25) is 0 Å². The number of halogens is 1. The first-order valence-corrected chi connectivity index (χ1v) is 3.55. The molecule has 0 radical (unpaired) electrons. The van der Waals surface area contributed by atoms with E-state index in [1.54, 1.807) is 0 Å². The molecule has 0 heterocycles. The first kappa shape index (κ1) is 12.3. The van der Waals surface area contributed by atoms with Gasteiger partial charge in [-0.1, -0.05) is 0 Å². The van der Waals surface area contributed by atoms with Crippen molar-refractivity contribution in [3.8, 4) is 5.75 Å². The average molecular weight is 202 g/mol. The lowest BCUT2D eigenvalue weighted by Gasteiger charge is -2.01. The molecular weight excluding hydrogens is 191 g/mol. The van der Waals surface area contributed by atoms with Crippen LogP contribution in [0.5, 0.6) is 5.75 Å². The van der Waals surface area contributed by atoms with Crippen LogP contribution in [0.3, 0.4) is 0 Å². The molecule has 1 aromatic carbocycles. The van der Waals surface area contributed by atoms with Gasteiger partial charge in [-0.05, 0) is 18.2 Å². The third-order valence-corrected chi connectivity index (χ3v) is 1.40. The highest BCUT2D eigenvalue weighted by molar-refractivity contribution is 5.88. The molecule has 0 fully saturated rings. The lowest BCUT2D eigenvalue weighted by atomic mass is 10.2. The lowest BCUT2D eigenvalue weighted by molar-refractivity contribution is 0.0691. The fourth-order valence-corrected chi connectivity index (χ4v) is 0.795. The summed E-state index contributed by atoms with van der Waals surface area (Å²) >= 11 is 0. The summed E-state index contributed by atoms with van der Waals surface area (Å²) < 4.78 is 17.5. The van der Waals surface area contributed by atoms with Gasteiger partial charge in [0, 0.05) is 0 Å². The highest BCUT2D eigenvalue weighted by atomic mass is 19.1. The van der Waals surface area contributed by atoms with Gasteiger partial charge in [-0.25, -0.2) is 9.18 Å². The standard InChI is InChI=1S/C8H7FO3.H4N2/c1-12-5-2-3-7(9)6(4-5)8(10)11;1-2/h2-4H,1H3,(H,10,11);1-2H2. The van der Waals surface area contributed by atoms with Crippen LogP contribution in [0.4, 0.5) is 4.39 Å². The van der Waals surface area contributed by atoms with E-state index in [-0.39, 0.29) is 5.56 Å². The van der Waals surface area contributed by atoms with Gasteiger partial charge in [-0.3, -0.25) is 11.7 Å². The van der Waals surface area contributed by atoms with Crippen LogP contribution in [-0.4, -0.2) is 18.2 Å². The summed E-state index contributed by atoms with van der Waals surface area (Å²) in [4.78, 5) is 10.4. The second-order valence-corrected chi connectivity index (χ2v) is 2.15. The second-order valence-electron chi connectivity index (χ2n) is 2.15. The van der Waals surface area contributed by atoms with Crippen molar-refractivity contribution >= 4 is 5.97 Å². The molecule has 5 N–H and O–H groups in total. The molecule has 0 aromatic heterocycles. The van der Waals surface area contributed by atoms with Gasteiger partial charge in [0.05, 0.1) is 12.7 Å². The largest absolute Gasteiger partial charge is 0.497 e. The summed E-state index contributed by atoms with van der Waals surface area (Å²) in [5, 5.41) is 8.49. The number of hydrogen-bond donors (Lipinski definition) is 3. The normalized spacial score (nSPS) is 8.57. The summed E-state index contributed by atoms with van der Waals surface area (Å²) in [6, 6.07) is 3.56. The summed E-state index contributed by atoms with van der Waals surface area (Å²) in [5.41, 5.74) is -0.380. The minimum absolute atomic E-state index is 0.328. The number of carboxylic acid groups (broad SMARTS) is 1. The van der Waals surface area contributed by atoms with E-state index < -0.39 is 11.8 Å². The van der Waals surface area contributed by atoms with E-state index in [9.17, 15) is 9.18 Å². The molecule has 0 atom stereocenters. The minimum atomic E-state index is -1.30. The van der Waals surface area contributed by atoms with Crippen LogP contribution in [0.25, 0.3) is 0 Å². The number of hydrazine groups is 1. The molecule has 0 aliphatic carbocycles. The molecule has 5 nitrogen and oxygen atoms in total. The maximum absolute atomic E-state index is 12.7. The molecule has 0 amide bonds. The highest BCUT2D eigenvalue weighted by Crippen LogP contribution is 2.15. The Morgan fingerprint density at radius 2 is 2.07 bits per heavy atom. The fourth-order valence-electron chi connectivity index (χ4n) is 0.795. The minimum Gasteiger partial charge on any atom is -0.497 e. The Kier molecular flexibility index (Phi) is 5.20. The number of methoxy groups -OCH3 is 1. The Morgan fingerprint density at radius 3 is 2.50 bits per heavy atom. The average Bonchev–Trinajstić information content (AvgIpc) is 2.21. The number of aromatic carboxylic acids is 1. The van der Waals surface area contributed by atoms with Crippen LogP contribution in [0, 0.1) is 5.82 Å². The van der Waals surface area contributed by atoms with Crippen molar-refractivity contribution < 1.29 is 19.0 Å². The zero-order valence-electron chi connectivity index (χ0n) is 7.53. The third-order valence-electron chi connectivity index (χ3n) is 1.40. The molecule has 1 aromatic rings. The Hall–Kier alpha value is -1.66. The molecule has 0 aliphatic rings. The number of ether oxygens (including phenoxy) is 1. The van der Waals surface area contributed by atoms with Crippen molar-refractivity contribution in [1.29, 1.82) is 0 Å². The SMILES string of the molecule is COc1ccc(F)c(C(=O)O)c1.NN. The zero-order valence-corrected chi connectivity index (χ0v) is 7.53. The summed E-state index contributed by atoms with van der Waals surface area (Å²) in [5.74, 6) is 6.27. The zero-order chi connectivity index (χ0) is 11.1. The quantitative estimate of drug-likeness (QED) is 0.474. The molecule has 0 bridgehead atoms. The third kappa shape index (κ3) is 3.00. The number of carbonyl (C=O) groups is 1. The van der Waals surface area contributed by atoms with Gasteiger partial charge in [-0.15, -0.1) is 0 Å². The smallest absolute Gasteiger partial charge is 0.338 e. The van der Waals surface area contributed by atoms with Gasteiger partial charge < -0.3 is 9.84 Å². The molecule has 0 saturated heterocycles. The molecule has 0 saturated carbocycles. The summed E-state index contributed by atoms with van der Waals surface area (Å²) in [6.45, 7) is 0. The Bertz CT molecular complexity index is 317. The van der Waals surface area contributed by atoms with Gasteiger partial charge in [-0.2, -0.15) is 0 Å². The van der Waals surface area contributed by atoms with E-state index in [0.717, 1.165) is 12.1 Å². The van der Waals surface area contributed by atoms with Crippen LogP contribution in [0.15, 0.2) is 18.2 Å². The molecule has 14 heavy (non-hydrogen) atoms. The highest BCUT2D eigenvalue weighted by Gasteiger charge is 2.10. The number of benzene rings is 1. The van der Waals surface area contributed by atoms with Gasteiger partial charge in [0.25, 0.3) is 0 Å². The van der Waals surface area contributed by atoms with E-state index in [4.69, 9.17) is 9.84 Å². The molecule has 0 aliphatic heterocycles. The van der Waals surface area contributed by atoms with E-state index in [2.05, 4.69) is 11.7 Å².